The van der Waals surface area contributed by atoms with Crippen LogP contribution in [0, 0.1) is 0 Å². The summed E-state index contributed by atoms with van der Waals surface area (Å²) in [5.74, 6) is -3.20. The summed E-state index contributed by atoms with van der Waals surface area (Å²) in [7, 11) is 1.26. The summed E-state index contributed by atoms with van der Waals surface area (Å²) in [5.41, 5.74) is 0.786. The first-order valence-electron chi connectivity index (χ1n) is 6.18. The number of benzene rings is 1. The van der Waals surface area contributed by atoms with Gasteiger partial charge in [-0.25, -0.2) is 17.2 Å². The lowest BCUT2D eigenvalue weighted by molar-refractivity contribution is -0.0880. The molecule has 0 atom stereocenters. The van der Waals surface area contributed by atoms with E-state index < -0.39 is 32.7 Å². The van der Waals surface area contributed by atoms with Crippen molar-refractivity contribution in [3.05, 3.63) is 35.9 Å². The van der Waals surface area contributed by atoms with Crippen molar-refractivity contribution in [2.75, 3.05) is 6.61 Å². The van der Waals surface area contributed by atoms with Gasteiger partial charge in [-0.3, -0.25) is 0 Å². The van der Waals surface area contributed by atoms with Crippen LogP contribution >= 0.6 is 10.7 Å². The van der Waals surface area contributed by atoms with Gasteiger partial charge in [-0.1, -0.05) is 30.3 Å². The van der Waals surface area contributed by atoms with Gasteiger partial charge in [0, 0.05) is 17.1 Å². The molecule has 0 aromatic heterocycles. The first kappa shape index (κ1) is 15.7. The molecule has 1 aliphatic rings. The van der Waals surface area contributed by atoms with Gasteiger partial charge in [0.15, 0.2) is 0 Å². The van der Waals surface area contributed by atoms with Crippen LogP contribution in [0.2, 0.25) is 0 Å². The fraction of sp³-hybridized carbons (Fsp3) is 0.538. The molecule has 1 aromatic carbocycles. The summed E-state index contributed by atoms with van der Waals surface area (Å²) >= 11 is 0. The van der Waals surface area contributed by atoms with Gasteiger partial charge < -0.3 is 4.74 Å². The molecule has 112 valence electrons. The smallest absolute Gasteiger partial charge is 0.272 e. The van der Waals surface area contributed by atoms with E-state index in [1.165, 1.54) is 0 Å². The molecule has 0 spiro atoms. The largest absolute Gasteiger partial charge is 0.371 e. The Labute approximate surface area is 121 Å². The predicted molar refractivity (Wildman–Crippen MR) is 72.4 cm³/mol. The number of ether oxygens (including phenoxy) is 1. The van der Waals surface area contributed by atoms with Crippen LogP contribution in [0.4, 0.5) is 8.78 Å². The van der Waals surface area contributed by atoms with Crippen LogP contribution in [0.15, 0.2) is 30.3 Å². The summed E-state index contributed by atoms with van der Waals surface area (Å²) in [5, 5.41) is 0. The highest BCUT2D eigenvalue weighted by atomic mass is 35.7. The first-order valence-corrected chi connectivity index (χ1v) is 8.49. The zero-order valence-electron chi connectivity index (χ0n) is 10.7. The Morgan fingerprint density at radius 2 is 1.85 bits per heavy atom. The molecule has 1 aliphatic carbocycles. The molecular weight excluding hydrogens is 310 g/mol. The number of halogens is 3. The third-order valence-electron chi connectivity index (χ3n) is 3.33. The van der Waals surface area contributed by atoms with Crippen LogP contribution in [-0.2, 0) is 20.4 Å². The third-order valence-corrected chi connectivity index (χ3v) is 5.90. The molecule has 0 radical (unpaired) electrons. The molecule has 7 heteroatoms. The predicted octanol–water partition coefficient (Wildman–Crippen LogP) is 3.33. The standard InChI is InChI=1S/C13H15ClF2O3S/c14-20(17,18)12(6-7-12)9-13(15,16)10-19-8-11-4-2-1-3-5-11/h1-5H,6-10H2. The van der Waals surface area contributed by atoms with Gasteiger partial charge >= 0.3 is 0 Å². The van der Waals surface area contributed by atoms with Gasteiger partial charge in [-0.2, -0.15) is 0 Å². The van der Waals surface area contributed by atoms with E-state index in [1.807, 2.05) is 6.07 Å². The van der Waals surface area contributed by atoms with Crippen LogP contribution in [-0.4, -0.2) is 25.7 Å². The fourth-order valence-electron chi connectivity index (χ4n) is 2.06. The minimum atomic E-state index is -3.96. The van der Waals surface area contributed by atoms with E-state index in [-0.39, 0.29) is 19.4 Å². The van der Waals surface area contributed by atoms with Crippen molar-refractivity contribution < 1.29 is 21.9 Å². The minimum Gasteiger partial charge on any atom is -0.371 e. The van der Waals surface area contributed by atoms with Crippen molar-refractivity contribution in [3.63, 3.8) is 0 Å². The average molecular weight is 325 g/mol. The molecule has 2 rings (SSSR count). The maximum atomic E-state index is 13.7. The van der Waals surface area contributed by atoms with Crippen molar-refractivity contribution in [2.45, 2.75) is 36.5 Å². The highest BCUT2D eigenvalue weighted by Crippen LogP contribution is 2.51. The molecule has 0 unspecified atom stereocenters. The van der Waals surface area contributed by atoms with Gasteiger partial charge in [0.1, 0.15) is 6.61 Å². The molecule has 0 saturated heterocycles. The van der Waals surface area contributed by atoms with E-state index in [4.69, 9.17) is 15.4 Å². The van der Waals surface area contributed by atoms with E-state index in [9.17, 15) is 17.2 Å². The van der Waals surface area contributed by atoms with Gasteiger partial charge in [0.2, 0.25) is 9.05 Å². The fourth-order valence-corrected chi connectivity index (χ4v) is 3.66. The topological polar surface area (TPSA) is 43.4 Å². The second-order valence-corrected chi connectivity index (χ2v) is 8.09. The lowest BCUT2D eigenvalue weighted by Crippen LogP contribution is -2.33. The third kappa shape index (κ3) is 3.90. The van der Waals surface area contributed by atoms with Gasteiger partial charge in [0.25, 0.3) is 5.92 Å². The molecule has 0 heterocycles. The molecule has 0 amide bonds. The molecule has 0 aliphatic heterocycles. The quantitative estimate of drug-likeness (QED) is 0.723. The average Bonchev–Trinajstić information content (AvgIpc) is 3.09. The Morgan fingerprint density at radius 3 is 2.35 bits per heavy atom. The molecular formula is C13H15ClF2O3S. The van der Waals surface area contributed by atoms with Crippen LogP contribution < -0.4 is 0 Å². The summed E-state index contributed by atoms with van der Waals surface area (Å²) in [6.07, 6.45) is -0.402. The van der Waals surface area contributed by atoms with E-state index in [2.05, 4.69) is 0 Å². The normalized spacial score (nSPS) is 17.9. The highest BCUT2D eigenvalue weighted by Gasteiger charge is 2.58. The monoisotopic (exact) mass is 324 g/mol. The highest BCUT2D eigenvalue weighted by molar-refractivity contribution is 8.15. The second kappa shape index (κ2) is 5.58. The Morgan fingerprint density at radius 1 is 1.25 bits per heavy atom. The Kier molecular flexibility index (Phi) is 4.37. The SMILES string of the molecule is O=S(=O)(Cl)C1(CC(F)(F)COCc2ccccc2)CC1. The molecule has 1 fully saturated rings. The lowest BCUT2D eigenvalue weighted by Gasteiger charge is -2.21. The first-order chi connectivity index (χ1) is 9.24. The maximum Gasteiger partial charge on any atom is 0.272 e. The van der Waals surface area contributed by atoms with Gasteiger partial charge in [0.05, 0.1) is 11.4 Å². The number of hydrogen-bond acceptors (Lipinski definition) is 3. The van der Waals surface area contributed by atoms with Crippen LogP contribution in [0.5, 0.6) is 0 Å². The molecule has 0 bridgehead atoms. The number of rotatable bonds is 7. The molecule has 3 nitrogen and oxygen atoms in total. The van der Waals surface area contributed by atoms with Gasteiger partial charge in [-0.15, -0.1) is 0 Å². The summed E-state index contributed by atoms with van der Waals surface area (Å²) < 4.78 is 53.6. The Hall–Kier alpha value is -0.720. The Bertz CT molecular complexity index is 556. The summed E-state index contributed by atoms with van der Waals surface area (Å²) in [6.45, 7) is -0.743. The lowest BCUT2D eigenvalue weighted by atomic mass is 10.1. The van der Waals surface area contributed by atoms with Crippen molar-refractivity contribution in [1.82, 2.24) is 0 Å². The molecule has 0 N–H and O–H groups in total. The van der Waals surface area contributed by atoms with E-state index in [0.29, 0.717) is 0 Å². The van der Waals surface area contributed by atoms with Crippen LogP contribution in [0.1, 0.15) is 24.8 Å². The number of alkyl halides is 2. The number of hydrogen-bond donors (Lipinski definition) is 0. The van der Waals surface area contributed by atoms with E-state index in [0.717, 1.165) is 5.56 Å². The molecule has 1 aromatic rings. The van der Waals surface area contributed by atoms with Crippen molar-refractivity contribution >= 4 is 19.7 Å². The summed E-state index contributed by atoms with van der Waals surface area (Å²) in [4.78, 5) is 0. The Balaban J connectivity index is 1.86. The van der Waals surface area contributed by atoms with Crippen LogP contribution in [0.25, 0.3) is 0 Å². The van der Waals surface area contributed by atoms with Gasteiger partial charge in [-0.05, 0) is 18.4 Å². The van der Waals surface area contributed by atoms with Crippen molar-refractivity contribution in [2.24, 2.45) is 0 Å². The van der Waals surface area contributed by atoms with E-state index >= 15 is 0 Å². The maximum absolute atomic E-state index is 13.7. The van der Waals surface area contributed by atoms with Crippen molar-refractivity contribution in [3.8, 4) is 0 Å². The molecule has 20 heavy (non-hydrogen) atoms. The van der Waals surface area contributed by atoms with Crippen molar-refractivity contribution in [1.29, 1.82) is 0 Å². The van der Waals surface area contributed by atoms with Crippen LogP contribution in [0.3, 0.4) is 0 Å². The minimum absolute atomic E-state index is 0.0665. The van der Waals surface area contributed by atoms with E-state index in [1.54, 1.807) is 24.3 Å². The summed E-state index contributed by atoms with van der Waals surface area (Å²) in [6, 6.07) is 8.93. The zero-order valence-corrected chi connectivity index (χ0v) is 12.3. The molecule has 1 saturated carbocycles. The second-order valence-electron chi connectivity index (χ2n) is 5.13. The zero-order chi connectivity index (χ0) is 14.9.